The highest BCUT2D eigenvalue weighted by Crippen LogP contribution is 2.20. The summed E-state index contributed by atoms with van der Waals surface area (Å²) in [5.74, 6) is -1.15. The van der Waals surface area contributed by atoms with Crippen LogP contribution in [0.1, 0.15) is 26.3 Å². The zero-order chi connectivity index (χ0) is 14.0. The van der Waals surface area contributed by atoms with Crippen molar-refractivity contribution in [2.24, 2.45) is 0 Å². The molecule has 0 spiro atoms. The van der Waals surface area contributed by atoms with Crippen molar-refractivity contribution in [2.75, 3.05) is 0 Å². The largest absolute Gasteiger partial charge is 0.285 e. The van der Waals surface area contributed by atoms with Gasteiger partial charge < -0.3 is 0 Å². The molecule has 4 heteroatoms. The summed E-state index contributed by atoms with van der Waals surface area (Å²) in [7, 11) is 0. The molecule has 0 radical (unpaired) electrons. The van der Waals surface area contributed by atoms with Crippen LogP contribution in [0.15, 0.2) is 46.9 Å². The zero-order valence-corrected chi connectivity index (χ0v) is 12.5. The molecule has 2 rings (SSSR count). The number of carbonyl (C=O) groups is 2. The number of halogens is 2. The number of carbonyl (C=O) groups excluding carboxylic acids is 2. The Morgan fingerprint density at radius 1 is 1.00 bits per heavy atom. The number of benzene rings is 2. The standard InChI is InChI=1S/C15H10BrClO2/c1-9-2-7-12(13(17)8-9)15(19)14(18)10-3-5-11(16)6-4-10/h2-8H,1H3. The number of Topliss-reactive ketones (excluding diaryl/α,β-unsaturated/α-hetero) is 2. The van der Waals surface area contributed by atoms with Gasteiger partial charge in [-0.2, -0.15) is 0 Å². The Labute approximate surface area is 124 Å². The molecule has 0 aliphatic carbocycles. The molecule has 96 valence electrons. The van der Waals surface area contributed by atoms with Crippen molar-refractivity contribution in [3.63, 3.8) is 0 Å². The molecule has 0 N–H and O–H groups in total. The van der Waals surface area contributed by atoms with Crippen LogP contribution in [0.25, 0.3) is 0 Å². The summed E-state index contributed by atoms with van der Waals surface area (Å²) in [6.07, 6.45) is 0. The summed E-state index contributed by atoms with van der Waals surface area (Å²) in [6, 6.07) is 11.7. The molecule has 0 aromatic heterocycles. The number of rotatable bonds is 3. The Morgan fingerprint density at radius 3 is 2.21 bits per heavy atom. The second kappa shape index (κ2) is 5.68. The fourth-order valence-electron chi connectivity index (χ4n) is 1.66. The Morgan fingerprint density at radius 2 is 1.63 bits per heavy atom. The second-order valence-corrected chi connectivity index (χ2v) is 5.47. The van der Waals surface area contributed by atoms with Gasteiger partial charge in [0.15, 0.2) is 0 Å². The molecular formula is C15H10BrClO2. The second-order valence-electron chi connectivity index (χ2n) is 4.15. The van der Waals surface area contributed by atoms with Gasteiger partial charge in [0.05, 0.1) is 5.02 Å². The summed E-state index contributed by atoms with van der Waals surface area (Å²) in [4.78, 5) is 24.2. The summed E-state index contributed by atoms with van der Waals surface area (Å²) >= 11 is 9.28. The average molecular weight is 338 g/mol. The summed E-state index contributed by atoms with van der Waals surface area (Å²) in [6.45, 7) is 1.87. The molecule has 19 heavy (non-hydrogen) atoms. The van der Waals surface area contributed by atoms with Crippen molar-refractivity contribution in [1.82, 2.24) is 0 Å². The van der Waals surface area contributed by atoms with Crippen LogP contribution in [0.5, 0.6) is 0 Å². The molecule has 0 amide bonds. The Bertz CT molecular complexity index is 648. The maximum Gasteiger partial charge on any atom is 0.235 e. The third-order valence-electron chi connectivity index (χ3n) is 2.68. The van der Waals surface area contributed by atoms with E-state index in [9.17, 15) is 9.59 Å². The molecule has 2 aromatic carbocycles. The van der Waals surface area contributed by atoms with Crippen molar-refractivity contribution in [3.8, 4) is 0 Å². The minimum Gasteiger partial charge on any atom is -0.285 e. The molecule has 0 unspecified atom stereocenters. The fraction of sp³-hybridized carbons (Fsp3) is 0.0667. The van der Waals surface area contributed by atoms with Crippen LogP contribution in [0.2, 0.25) is 5.02 Å². The molecule has 0 heterocycles. The van der Waals surface area contributed by atoms with Gasteiger partial charge in [-0.25, -0.2) is 0 Å². The van der Waals surface area contributed by atoms with E-state index in [4.69, 9.17) is 11.6 Å². The minimum absolute atomic E-state index is 0.236. The third kappa shape index (κ3) is 3.11. The highest BCUT2D eigenvalue weighted by molar-refractivity contribution is 9.10. The molecule has 0 fully saturated rings. The van der Waals surface area contributed by atoms with Crippen molar-refractivity contribution < 1.29 is 9.59 Å². The van der Waals surface area contributed by atoms with Crippen molar-refractivity contribution in [3.05, 3.63) is 68.7 Å². The minimum atomic E-state index is -0.590. The van der Waals surface area contributed by atoms with Gasteiger partial charge in [0.25, 0.3) is 0 Å². The first-order valence-corrected chi connectivity index (χ1v) is 6.77. The lowest BCUT2D eigenvalue weighted by Gasteiger charge is -2.04. The Kier molecular flexibility index (Phi) is 4.17. The van der Waals surface area contributed by atoms with E-state index in [-0.39, 0.29) is 5.56 Å². The first-order chi connectivity index (χ1) is 8.99. The highest BCUT2D eigenvalue weighted by Gasteiger charge is 2.20. The van der Waals surface area contributed by atoms with Gasteiger partial charge in [-0.05, 0) is 48.9 Å². The van der Waals surface area contributed by atoms with E-state index in [1.807, 2.05) is 6.92 Å². The molecule has 0 bridgehead atoms. The van der Waals surface area contributed by atoms with E-state index in [1.54, 1.807) is 42.5 Å². The van der Waals surface area contributed by atoms with Gasteiger partial charge in [0, 0.05) is 15.6 Å². The van der Waals surface area contributed by atoms with Crippen molar-refractivity contribution in [1.29, 1.82) is 0 Å². The maximum atomic E-state index is 12.1. The van der Waals surface area contributed by atoms with E-state index >= 15 is 0 Å². The maximum absolute atomic E-state index is 12.1. The van der Waals surface area contributed by atoms with Crippen LogP contribution < -0.4 is 0 Å². The Hall–Kier alpha value is -1.45. The van der Waals surface area contributed by atoms with E-state index in [2.05, 4.69) is 15.9 Å². The quantitative estimate of drug-likeness (QED) is 0.611. The van der Waals surface area contributed by atoms with Crippen LogP contribution in [0, 0.1) is 6.92 Å². The molecule has 2 aromatic rings. The summed E-state index contributed by atoms with van der Waals surface area (Å²) in [5, 5.41) is 0.301. The molecule has 2 nitrogen and oxygen atoms in total. The van der Waals surface area contributed by atoms with Crippen LogP contribution in [0.4, 0.5) is 0 Å². The number of hydrogen-bond donors (Lipinski definition) is 0. The average Bonchev–Trinajstić information content (AvgIpc) is 2.38. The molecule has 0 saturated carbocycles. The molecule has 0 aliphatic heterocycles. The van der Waals surface area contributed by atoms with E-state index in [0.717, 1.165) is 10.0 Å². The number of hydrogen-bond acceptors (Lipinski definition) is 2. The van der Waals surface area contributed by atoms with Gasteiger partial charge in [0.1, 0.15) is 0 Å². The summed E-state index contributed by atoms with van der Waals surface area (Å²) in [5.41, 5.74) is 1.53. The van der Waals surface area contributed by atoms with Crippen LogP contribution >= 0.6 is 27.5 Å². The topological polar surface area (TPSA) is 34.1 Å². The SMILES string of the molecule is Cc1ccc(C(=O)C(=O)c2ccc(Br)cc2)c(Cl)c1. The van der Waals surface area contributed by atoms with Gasteiger partial charge in [-0.3, -0.25) is 9.59 Å². The van der Waals surface area contributed by atoms with Crippen LogP contribution in [-0.4, -0.2) is 11.6 Å². The normalized spacial score (nSPS) is 10.3. The Balaban J connectivity index is 2.33. The predicted molar refractivity (Wildman–Crippen MR) is 79.0 cm³/mol. The van der Waals surface area contributed by atoms with Crippen molar-refractivity contribution in [2.45, 2.75) is 6.92 Å². The lowest BCUT2D eigenvalue weighted by molar-refractivity contribution is 0.0817. The monoisotopic (exact) mass is 336 g/mol. The van der Waals surface area contributed by atoms with Gasteiger partial charge in [-0.15, -0.1) is 0 Å². The summed E-state index contributed by atoms with van der Waals surface area (Å²) < 4.78 is 0.852. The lowest BCUT2D eigenvalue weighted by atomic mass is 10.0. The molecular weight excluding hydrogens is 328 g/mol. The molecule has 0 atom stereocenters. The van der Waals surface area contributed by atoms with Crippen LogP contribution in [0.3, 0.4) is 0 Å². The highest BCUT2D eigenvalue weighted by atomic mass is 79.9. The lowest BCUT2D eigenvalue weighted by Crippen LogP contribution is -2.14. The van der Waals surface area contributed by atoms with Gasteiger partial charge in [-0.1, -0.05) is 33.6 Å². The predicted octanol–water partition coefficient (Wildman–Crippen LogP) is 4.48. The smallest absolute Gasteiger partial charge is 0.235 e. The van der Waals surface area contributed by atoms with Crippen LogP contribution in [-0.2, 0) is 0 Å². The van der Waals surface area contributed by atoms with Gasteiger partial charge in [0.2, 0.25) is 11.6 Å². The third-order valence-corrected chi connectivity index (χ3v) is 3.52. The van der Waals surface area contributed by atoms with E-state index in [1.165, 1.54) is 0 Å². The first-order valence-electron chi connectivity index (χ1n) is 5.60. The van der Waals surface area contributed by atoms with Gasteiger partial charge >= 0.3 is 0 Å². The van der Waals surface area contributed by atoms with Crippen molar-refractivity contribution >= 4 is 39.1 Å². The molecule has 0 aliphatic rings. The van der Waals surface area contributed by atoms with E-state index in [0.29, 0.717) is 10.6 Å². The van der Waals surface area contributed by atoms with E-state index < -0.39 is 11.6 Å². The zero-order valence-electron chi connectivity index (χ0n) is 10.1. The number of ketones is 2. The number of aryl methyl sites for hydroxylation is 1. The molecule has 0 saturated heterocycles. The fourth-order valence-corrected chi connectivity index (χ4v) is 2.24. The first kappa shape index (κ1) is 14.0.